The topological polar surface area (TPSA) is 52.7 Å². The molecule has 0 saturated carbocycles. The highest BCUT2D eigenvalue weighted by Gasteiger charge is 2.29. The number of para-hydroxylation sites is 1. The zero-order chi connectivity index (χ0) is 21.7. The van der Waals surface area contributed by atoms with Crippen molar-refractivity contribution in [3.63, 3.8) is 0 Å². The second-order valence-corrected chi connectivity index (χ2v) is 8.57. The molecule has 2 atom stereocenters. The Morgan fingerprint density at radius 3 is 2.60 bits per heavy atom. The van der Waals surface area contributed by atoms with E-state index in [9.17, 15) is 9.59 Å². The maximum Gasteiger partial charge on any atom is 0.253 e. The molecule has 1 N–H and O–H groups in total. The molecule has 7 heteroatoms. The molecule has 0 spiro atoms. The van der Waals surface area contributed by atoms with Gasteiger partial charge in [-0.25, -0.2) is 0 Å². The first kappa shape index (κ1) is 22.4. The fourth-order valence-corrected chi connectivity index (χ4v) is 3.93. The maximum absolute atomic E-state index is 12.8. The molecule has 1 aliphatic heterocycles. The Labute approximate surface area is 187 Å². The summed E-state index contributed by atoms with van der Waals surface area (Å²) >= 11 is 12.0. The van der Waals surface area contributed by atoms with Crippen LogP contribution in [0.25, 0.3) is 0 Å². The first-order valence-electron chi connectivity index (χ1n) is 10.2. The molecular formula is C23H27Cl2N3O2. The van der Waals surface area contributed by atoms with Crippen LogP contribution in [-0.4, -0.2) is 49.4 Å². The number of likely N-dealkylation sites (tertiary alicyclic amines) is 1. The third-order valence-electron chi connectivity index (χ3n) is 5.64. The lowest BCUT2D eigenvalue weighted by Crippen LogP contribution is -2.48. The summed E-state index contributed by atoms with van der Waals surface area (Å²) in [6.07, 6.45) is 1.57. The van der Waals surface area contributed by atoms with Crippen molar-refractivity contribution in [3.8, 4) is 0 Å². The van der Waals surface area contributed by atoms with Crippen LogP contribution in [0.2, 0.25) is 10.0 Å². The van der Waals surface area contributed by atoms with E-state index < -0.39 is 0 Å². The molecule has 3 rings (SSSR count). The third-order valence-corrected chi connectivity index (χ3v) is 6.38. The lowest BCUT2D eigenvalue weighted by molar-refractivity contribution is -0.126. The van der Waals surface area contributed by atoms with Gasteiger partial charge in [-0.15, -0.1) is 0 Å². The van der Waals surface area contributed by atoms with E-state index in [0.717, 1.165) is 18.5 Å². The first-order chi connectivity index (χ1) is 14.4. The fourth-order valence-electron chi connectivity index (χ4n) is 3.63. The molecule has 0 aliphatic carbocycles. The number of likely N-dealkylation sites (N-methyl/N-ethyl adjacent to an activating group) is 1. The molecule has 1 heterocycles. The standard InChI is InChI=1S/C23H27Cl2N3O2/c1-16(27(2)19-8-4-3-5-9-19)14-26-22(29)18-7-6-12-28(15-18)23(30)17-10-11-20(24)21(25)13-17/h3-5,8-11,13,16,18H,6-7,12,14-15H2,1-2H3,(H,26,29). The van der Waals surface area contributed by atoms with Gasteiger partial charge in [-0.2, -0.15) is 0 Å². The van der Waals surface area contributed by atoms with Crippen LogP contribution in [0.3, 0.4) is 0 Å². The lowest BCUT2D eigenvalue weighted by Gasteiger charge is -2.33. The van der Waals surface area contributed by atoms with Crippen LogP contribution >= 0.6 is 23.2 Å². The minimum atomic E-state index is -0.209. The van der Waals surface area contributed by atoms with Crippen LogP contribution in [0, 0.1) is 5.92 Å². The Bertz CT molecular complexity index is 891. The van der Waals surface area contributed by atoms with Crippen LogP contribution < -0.4 is 10.2 Å². The predicted octanol–water partition coefficient (Wildman–Crippen LogP) is 4.49. The Morgan fingerprint density at radius 2 is 1.90 bits per heavy atom. The minimum absolute atomic E-state index is 0.00468. The smallest absolute Gasteiger partial charge is 0.253 e. The number of nitrogens with zero attached hydrogens (tertiary/aromatic N) is 2. The number of piperidine rings is 1. The van der Waals surface area contributed by atoms with Gasteiger partial charge in [-0.1, -0.05) is 41.4 Å². The molecule has 30 heavy (non-hydrogen) atoms. The molecule has 0 bridgehead atoms. The van der Waals surface area contributed by atoms with Crippen LogP contribution in [0.1, 0.15) is 30.1 Å². The Balaban J connectivity index is 1.55. The summed E-state index contributed by atoms with van der Waals surface area (Å²) in [6.45, 7) is 3.67. The average Bonchev–Trinajstić information content (AvgIpc) is 2.78. The van der Waals surface area contributed by atoms with Crippen molar-refractivity contribution in [2.24, 2.45) is 5.92 Å². The van der Waals surface area contributed by atoms with Gasteiger partial charge >= 0.3 is 0 Å². The van der Waals surface area contributed by atoms with Gasteiger partial charge in [0.1, 0.15) is 0 Å². The molecule has 2 aromatic carbocycles. The number of anilines is 1. The van der Waals surface area contributed by atoms with Gasteiger partial charge in [-0.05, 0) is 50.1 Å². The highest BCUT2D eigenvalue weighted by Crippen LogP contribution is 2.25. The van der Waals surface area contributed by atoms with E-state index in [2.05, 4.69) is 17.1 Å². The molecular weight excluding hydrogens is 421 g/mol. The molecule has 0 aromatic heterocycles. The molecule has 1 aliphatic rings. The van der Waals surface area contributed by atoms with Crippen molar-refractivity contribution >= 4 is 40.7 Å². The van der Waals surface area contributed by atoms with Gasteiger partial charge in [0.15, 0.2) is 0 Å². The number of carbonyl (C=O) groups is 2. The van der Waals surface area contributed by atoms with Crippen LogP contribution in [0.15, 0.2) is 48.5 Å². The zero-order valence-electron chi connectivity index (χ0n) is 17.3. The van der Waals surface area contributed by atoms with Gasteiger partial charge in [0.05, 0.1) is 16.0 Å². The molecule has 2 amide bonds. The van der Waals surface area contributed by atoms with Crippen molar-refractivity contribution in [1.82, 2.24) is 10.2 Å². The third kappa shape index (κ3) is 5.46. The van der Waals surface area contributed by atoms with Crippen LogP contribution in [0.5, 0.6) is 0 Å². The summed E-state index contributed by atoms with van der Waals surface area (Å²) < 4.78 is 0. The maximum atomic E-state index is 12.8. The molecule has 160 valence electrons. The van der Waals surface area contributed by atoms with Crippen molar-refractivity contribution in [2.45, 2.75) is 25.8 Å². The van der Waals surface area contributed by atoms with E-state index in [1.54, 1.807) is 23.1 Å². The minimum Gasteiger partial charge on any atom is -0.370 e. The van der Waals surface area contributed by atoms with Gasteiger partial charge < -0.3 is 15.1 Å². The SMILES string of the molecule is CC(CNC(=O)C1CCCN(C(=O)c2ccc(Cl)c(Cl)c2)C1)N(C)c1ccccc1. The molecule has 2 aromatic rings. The summed E-state index contributed by atoms with van der Waals surface area (Å²) in [5.74, 6) is -0.335. The number of carbonyl (C=O) groups excluding carboxylic acids is 2. The van der Waals surface area contributed by atoms with E-state index >= 15 is 0 Å². The van der Waals surface area contributed by atoms with Crippen molar-refractivity contribution < 1.29 is 9.59 Å². The molecule has 1 saturated heterocycles. The largest absolute Gasteiger partial charge is 0.370 e. The van der Waals surface area contributed by atoms with Crippen molar-refractivity contribution in [3.05, 3.63) is 64.1 Å². The molecule has 1 fully saturated rings. The highest BCUT2D eigenvalue weighted by atomic mass is 35.5. The van der Waals surface area contributed by atoms with Crippen LogP contribution in [-0.2, 0) is 4.79 Å². The quantitative estimate of drug-likeness (QED) is 0.709. The number of benzene rings is 2. The van der Waals surface area contributed by atoms with Gasteiger partial charge in [0, 0.05) is 44.0 Å². The van der Waals surface area contributed by atoms with Gasteiger partial charge in [0.2, 0.25) is 5.91 Å². The first-order valence-corrected chi connectivity index (χ1v) is 10.9. The summed E-state index contributed by atoms with van der Waals surface area (Å²) in [4.78, 5) is 29.5. The normalized spacial score (nSPS) is 17.3. The molecule has 2 unspecified atom stereocenters. The van der Waals surface area contributed by atoms with Gasteiger partial charge in [-0.3, -0.25) is 9.59 Å². The number of halogens is 2. The van der Waals surface area contributed by atoms with Gasteiger partial charge in [0.25, 0.3) is 5.91 Å². The Kier molecular flexibility index (Phi) is 7.62. The number of rotatable bonds is 6. The van der Waals surface area contributed by atoms with E-state index in [1.165, 1.54) is 0 Å². The van der Waals surface area contributed by atoms with E-state index in [0.29, 0.717) is 35.2 Å². The average molecular weight is 448 g/mol. The van der Waals surface area contributed by atoms with E-state index in [-0.39, 0.29) is 23.8 Å². The van der Waals surface area contributed by atoms with E-state index in [4.69, 9.17) is 23.2 Å². The summed E-state index contributed by atoms with van der Waals surface area (Å²) in [6, 6.07) is 15.1. The summed E-state index contributed by atoms with van der Waals surface area (Å²) in [7, 11) is 2.02. The lowest BCUT2D eigenvalue weighted by atomic mass is 9.96. The summed E-state index contributed by atoms with van der Waals surface area (Å²) in [5.41, 5.74) is 1.60. The zero-order valence-corrected chi connectivity index (χ0v) is 18.8. The molecule has 5 nitrogen and oxygen atoms in total. The monoisotopic (exact) mass is 447 g/mol. The van der Waals surface area contributed by atoms with Crippen molar-refractivity contribution in [1.29, 1.82) is 0 Å². The Morgan fingerprint density at radius 1 is 1.17 bits per heavy atom. The fraction of sp³-hybridized carbons (Fsp3) is 0.391. The van der Waals surface area contributed by atoms with Crippen LogP contribution in [0.4, 0.5) is 5.69 Å². The van der Waals surface area contributed by atoms with E-state index in [1.807, 2.05) is 37.4 Å². The number of hydrogen-bond donors (Lipinski definition) is 1. The second-order valence-electron chi connectivity index (χ2n) is 7.76. The predicted molar refractivity (Wildman–Crippen MR) is 122 cm³/mol. The highest BCUT2D eigenvalue weighted by molar-refractivity contribution is 6.42. The summed E-state index contributed by atoms with van der Waals surface area (Å²) in [5, 5.41) is 3.83. The second kappa shape index (κ2) is 10.2. The number of hydrogen-bond acceptors (Lipinski definition) is 3. The number of amides is 2. The number of nitrogens with one attached hydrogen (secondary N) is 1. The molecule has 0 radical (unpaired) electrons. The Hall–Kier alpha value is -2.24. The van der Waals surface area contributed by atoms with Crippen molar-refractivity contribution in [2.75, 3.05) is 31.6 Å².